The Labute approximate surface area is 92.4 Å². The SMILES string of the molecule is COC(=O)c1cccc(C=CCC(=O)O)n1. The van der Waals surface area contributed by atoms with E-state index in [0.717, 1.165) is 0 Å². The Morgan fingerprint density at radius 2 is 2.25 bits per heavy atom. The molecule has 1 aromatic rings. The first kappa shape index (κ1) is 11.9. The van der Waals surface area contributed by atoms with Gasteiger partial charge in [-0.1, -0.05) is 12.1 Å². The van der Waals surface area contributed by atoms with Crippen molar-refractivity contribution in [2.24, 2.45) is 0 Å². The van der Waals surface area contributed by atoms with E-state index in [-0.39, 0.29) is 12.1 Å². The van der Waals surface area contributed by atoms with Crippen molar-refractivity contribution < 1.29 is 19.4 Å². The molecule has 1 aromatic heterocycles. The number of carbonyl (C=O) groups excluding carboxylic acids is 1. The lowest BCUT2D eigenvalue weighted by Gasteiger charge is -1.98. The second-order valence-corrected chi connectivity index (χ2v) is 2.94. The summed E-state index contributed by atoms with van der Waals surface area (Å²) in [4.78, 5) is 25.4. The predicted octanol–water partition coefficient (Wildman–Crippen LogP) is 1.36. The number of nitrogens with zero attached hydrogens (tertiary/aromatic N) is 1. The fraction of sp³-hybridized carbons (Fsp3) is 0.182. The number of esters is 1. The molecule has 0 fully saturated rings. The molecule has 0 saturated heterocycles. The van der Waals surface area contributed by atoms with Gasteiger partial charge in [0.15, 0.2) is 0 Å². The predicted molar refractivity (Wildman–Crippen MR) is 56.9 cm³/mol. The van der Waals surface area contributed by atoms with Gasteiger partial charge >= 0.3 is 11.9 Å². The van der Waals surface area contributed by atoms with Crippen molar-refractivity contribution in [3.8, 4) is 0 Å². The van der Waals surface area contributed by atoms with Crippen molar-refractivity contribution in [2.75, 3.05) is 7.11 Å². The maximum atomic E-state index is 11.1. The normalized spacial score (nSPS) is 10.3. The Balaban J connectivity index is 2.78. The zero-order valence-electron chi connectivity index (χ0n) is 8.71. The zero-order chi connectivity index (χ0) is 12.0. The summed E-state index contributed by atoms with van der Waals surface area (Å²) in [5.41, 5.74) is 0.712. The van der Waals surface area contributed by atoms with E-state index in [1.165, 1.54) is 19.3 Å². The van der Waals surface area contributed by atoms with Gasteiger partial charge in [-0.05, 0) is 18.2 Å². The van der Waals surface area contributed by atoms with E-state index in [0.29, 0.717) is 5.69 Å². The molecule has 5 heteroatoms. The van der Waals surface area contributed by atoms with Crippen molar-refractivity contribution in [1.82, 2.24) is 4.98 Å². The molecule has 0 aromatic carbocycles. The second kappa shape index (κ2) is 5.65. The van der Waals surface area contributed by atoms with Crippen molar-refractivity contribution in [2.45, 2.75) is 6.42 Å². The lowest BCUT2D eigenvalue weighted by molar-refractivity contribution is -0.135. The Morgan fingerprint density at radius 3 is 2.88 bits per heavy atom. The third-order valence-corrected chi connectivity index (χ3v) is 1.75. The highest BCUT2D eigenvalue weighted by Crippen LogP contribution is 2.03. The number of carbonyl (C=O) groups is 2. The van der Waals surface area contributed by atoms with Gasteiger partial charge in [-0.25, -0.2) is 9.78 Å². The highest BCUT2D eigenvalue weighted by Gasteiger charge is 2.05. The first-order valence-electron chi connectivity index (χ1n) is 4.57. The maximum Gasteiger partial charge on any atom is 0.356 e. The van der Waals surface area contributed by atoms with E-state index in [2.05, 4.69) is 9.72 Å². The highest BCUT2D eigenvalue weighted by molar-refractivity contribution is 5.87. The van der Waals surface area contributed by atoms with Crippen LogP contribution < -0.4 is 0 Å². The largest absolute Gasteiger partial charge is 0.481 e. The van der Waals surface area contributed by atoms with E-state index in [1.54, 1.807) is 18.2 Å². The van der Waals surface area contributed by atoms with Gasteiger partial charge in [-0.3, -0.25) is 4.79 Å². The van der Waals surface area contributed by atoms with Gasteiger partial charge in [-0.2, -0.15) is 0 Å². The standard InChI is InChI=1S/C11H11NO4/c1-16-11(15)9-6-2-4-8(12-9)5-3-7-10(13)14/h2-6H,7H2,1H3,(H,13,14). The van der Waals surface area contributed by atoms with Crippen molar-refractivity contribution in [3.05, 3.63) is 35.7 Å². The number of carboxylic acids is 1. The number of rotatable bonds is 4. The van der Waals surface area contributed by atoms with E-state index in [1.807, 2.05) is 0 Å². The van der Waals surface area contributed by atoms with Gasteiger partial charge in [-0.15, -0.1) is 0 Å². The van der Waals surface area contributed by atoms with Crippen LogP contribution in [0.5, 0.6) is 0 Å². The van der Waals surface area contributed by atoms with Gasteiger partial charge in [0, 0.05) is 0 Å². The van der Waals surface area contributed by atoms with E-state index in [9.17, 15) is 9.59 Å². The van der Waals surface area contributed by atoms with Crippen LogP contribution in [-0.4, -0.2) is 29.1 Å². The van der Waals surface area contributed by atoms with E-state index in [4.69, 9.17) is 5.11 Å². The number of hydrogen-bond acceptors (Lipinski definition) is 4. The molecule has 84 valence electrons. The maximum absolute atomic E-state index is 11.1. The van der Waals surface area contributed by atoms with Crippen molar-refractivity contribution in [3.63, 3.8) is 0 Å². The van der Waals surface area contributed by atoms with Gasteiger partial charge < -0.3 is 9.84 Å². The van der Waals surface area contributed by atoms with Crippen molar-refractivity contribution in [1.29, 1.82) is 0 Å². The Morgan fingerprint density at radius 1 is 1.50 bits per heavy atom. The molecule has 1 heterocycles. The monoisotopic (exact) mass is 221 g/mol. The molecule has 5 nitrogen and oxygen atoms in total. The van der Waals surface area contributed by atoms with E-state index >= 15 is 0 Å². The number of carboxylic acid groups (broad SMARTS) is 1. The van der Waals surface area contributed by atoms with Gasteiger partial charge in [0.05, 0.1) is 19.2 Å². The lowest BCUT2D eigenvalue weighted by atomic mass is 10.2. The van der Waals surface area contributed by atoms with Crippen LogP contribution in [0.3, 0.4) is 0 Å². The fourth-order valence-corrected chi connectivity index (χ4v) is 1.04. The number of aromatic nitrogens is 1. The summed E-state index contributed by atoms with van der Waals surface area (Å²) >= 11 is 0. The molecule has 0 saturated carbocycles. The molecule has 0 aliphatic rings. The first-order valence-corrected chi connectivity index (χ1v) is 4.57. The minimum Gasteiger partial charge on any atom is -0.481 e. The van der Waals surface area contributed by atoms with Crippen LogP contribution in [0.15, 0.2) is 24.3 Å². The number of ether oxygens (including phenoxy) is 1. The number of aliphatic carboxylic acids is 1. The molecule has 0 bridgehead atoms. The number of methoxy groups -OCH3 is 1. The highest BCUT2D eigenvalue weighted by atomic mass is 16.5. The summed E-state index contributed by atoms with van der Waals surface area (Å²) in [6.07, 6.45) is 2.93. The summed E-state index contributed by atoms with van der Waals surface area (Å²) < 4.78 is 4.51. The van der Waals surface area contributed by atoms with Crippen LogP contribution in [0.25, 0.3) is 6.08 Å². The van der Waals surface area contributed by atoms with Crippen molar-refractivity contribution >= 4 is 18.0 Å². The van der Waals surface area contributed by atoms with Crippen LogP contribution >= 0.6 is 0 Å². The molecule has 16 heavy (non-hydrogen) atoms. The molecule has 0 atom stereocenters. The van der Waals surface area contributed by atoms with Crippen LogP contribution in [-0.2, 0) is 9.53 Å². The van der Waals surface area contributed by atoms with E-state index < -0.39 is 11.9 Å². The summed E-state index contributed by atoms with van der Waals surface area (Å²) in [6.45, 7) is 0. The topological polar surface area (TPSA) is 76.5 Å². The Bertz CT molecular complexity index is 426. The Kier molecular flexibility index (Phi) is 4.20. The minimum absolute atomic E-state index is 0.0792. The summed E-state index contributed by atoms with van der Waals surface area (Å²) in [6, 6.07) is 4.85. The summed E-state index contributed by atoms with van der Waals surface area (Å²) in [7, 11) is 1.27. The molecule has 0 spiro atoms. The smallest absolute Gasteiger partial charge is 0.356 e. The molecular weight excluding hydrogens is 210 g/mol. The average Bonchev–Trinajstić information content (AvgIpc) is 2.28. The third kappa shape index (κ3) is 3.53. The van der Waals surface area contributed by atoms with Crippen LogP contribution in [0.2, 0.25) is 0 Å². The average molecular weight is 221 g/mol. The van der Waals surface area contributed by atoms with Gasteiger partial charge in [0.25, 0.3) is 0 Å². The molecule has 0 aliphatic carbocycles. The quantitative estimate of drug-likeness (QED) is 0.777. The van der Waals surface area contributed by atoms with Gasteiger partial charge in [0.1, 0.15) is 5.69 Å². The molecular formula is C11H11NO4. The molecule has 0 amide bonds. The van der Waals surface area contributed by atoms with Crippen LogP contribution in [0.1, 0.15) is 22.6 Å². The van der Waals surface area contributed by atoms with Crippen LogP contribution in [0.4, 0.5) is 0 Å². The Hall–Kier alpha value is -2.17. The molecule has 0 radical (unpaired) electrons. The summed E-state index contributed by atoms with van der Waals surface area (Å²) in [5.74, 6) is -1.44. The van der Waals surface area contributed by atoms with Crippen LogP contribution in [0, 0.1) is 0 Å². The minimum atomic E-state index is -0.916. The fourth-order valence-electron chi connectivity index (χ4n) is 1.04. The first-order chi connectivity index (χ1) is 7.63. The molecule has 1 N–H and O–H groups in total. The molecule has 0 unspecified atom stereocenters. The number of pyridine rings is 1. The summed E-state index contributed by atoms with van der Waals surface area (Å²) in [5, 5.41) is 8.43. The molecule has 1 rings (SSSR count). The second-order valence-electron chi connectivity index (χ2n) is 2.94. The molecule has 0 aliphatic heterocycles. The third-order valence-electron chi connectivity index (χ3n) is 1.75. The van der Waals surface area contributed by atoms with Gasteiger partial charge in [0.2, 0.25) is 0 Å². The lowest BCUT2D eigenvalue weighted by Crippen LogP contribution is -2.04. The zero-order valence-corrected chi connectivity index (χ0v) is 8.71. The number of hydrogen-bond donors (Lipinski definition) is 1.